The van der Waals surface area contributed by atoms with Gasteiger partial charge in [-0.25, -0.2) is 9.67 Å². The van der Waals surface area contributed by atoms with Gasteiger partial charge in [-0.05, 0) is 6.07 Å². The smallest absolute Gasteiger partial charge is 0.212 e. The number of hydrogen-bond acceptors (Lipinski definition) is 7. The van der Waals surface area contributed by atoms with E-state index in [9.17, 15) is 0 Å². The van der Waals surface area contributed by atoms with Crippen molar-refractivity contribution in [3.8, 4) is 40.1 Å². The molecule has 0 fully saturated rings. The van der Waals surface area contributed by atoms with Crippen LogP contribution in [0.25, 0.3) is 16.9 Å². The van der Waals surface area contributed by atoms with Crippen molar-refractivity contribution < 1.29 is 18.9 Å². The number of hydrogen-bond donors (Lipinski definition) is 0. The van der Waals surface area contributed by atoms with Gasteiger partial charge in [0.25, 0.3) is 0 Å². The van der Waals surface area contributed by atoms with Crippen molar-refractivity contribution in [1.29, 1.82) is 0 Å². The summed E-state index contributed by atoms with van der Waals surface area (Å²) in [5.74, 6) is 2.12. The standard InChI is InChI=1S/C17H18N4O4/c1-22-14-7-12(8-15(23-2)17(14)25-4)21-13(10-19-20-21)11-5-6-16(24-3)18-9-11/h5-10H,1-4H3. The minimum atomic E-state index is 0.515. The number of aromatic nitrogens is 4. The predicted octanol–water partition coefficient (Wildman–Crippen LogP) is 2.36. The molecule has 8 nitrogen and oxygen atoms in total. The Morgan fingerprint density at radius 2 is 1.56 bits per heavy atom. The molecule has 1 aromatic carbocycles. The average molecular weight is 342 g/mol. The molecule has 2 aromatic heterocycles. The molecule has 8 heteroatoms. The zero-order valence-corrected chi connectivity index (χ0v) is 14.4. The molecule has 0 radical (unpaired) electrons. The third-order valence-corrected chi connectivity index (χ3v) is 3.68. The van der Waals surface area contributed by atoms with Gasteiger partial charge in [-0.1, -0.05) is 5.21 Å². The summed E-state index contributed by atoms with van der Waals surface area (Å²) >= 11 is 0. The largest absolute Gasteiger partial charge is 0.493 e. The molecule has 130 valence electrons. The summed E-state index contributed by atoms with van der Waals surface area (Å²) in [6, 6.07) is 7.27. The molecular formula is C17H18N4O4. The van der Waals surface area contributed by atoms with E-state index in [0.717, 1.165) is 16.9 Å². The van der Waals surface area contributed by atoms with Gasteiger partial charge < -0.3 is 18.9 Å². The Balaban J connectivity index is 2.10. The molecule has 2 heterocycles. The van der Waals surface area contributed by atoms with E-state index in [1.807, 2.05) is 6.07 Å². The molecule has 0 spiro atoms. The second-order valence-electron chi connectivity index (χ2n) is 5.00. The van der Waals surface area contributed by atoms with Gasteiger partial charge in [0.05, 0.1) is 46.0 Å². The fourth-order valence-electron chi connectivity index (χ4n) is 2.46. The molecule has 0 N–H and O–H groups in total. The fourth-order valence-corrected chi connectivity index (χ4v) is 2.46. The summed E-state index contributed by atoms with van der Waals surface area (Å²) in [5.41, 5.74) is 2.33. The summed E-state index contributed by atoms with van der Waals surface area (Å²) in [5, 5.41) is 8.18. The van der Waals surface area contributed by atoms with Crippen LogP contribution in [0.3, 0.4) is 0 Å². The summed E-state index contributed by atoms with van der Waals surface area (Å²) in [6.07, 6.45) is 3.36. The predicted molar refractivity (Wildman–Crippen MR) is 90.8 cm³/mol. The maximum absolute atomic E-state index is 5.40. The first kappa shape index (κ1) is 16.6. The van der Waals surface area contributed by atoms with Crippen LogP contribution in [0, 0.1) is 0 Å². The lowest BCUT2D eigenvalue weighted by Gasteiger charge is -2.15. The van der Waals surface area contributed by atoms with Gasteiger partial charge in [0.1, 0.15) is 0 Å². The van der Waals surface area contributed by atoms with Crippen LogP contribution in [0.2, 0.25) is 0 Å². The Morgan fingerprint density at radius 1 is 0.840 bits per heavy atom. The van der Waals surface area contributed by atoms with Gasteiger partial charge in [0.15, 0.2) is 11.5 Å². The maximum atomic E-state index is 5.40. The second kappa shape index (κ2) is 7.08. The van der Waals surface area contributed by atoms with Gasteiger partial charge in [-0.3, -0.25) is 0 Å². The molecule has 3 aromatic rings. The molecule has 0 bridgehead atoms. The van der Waals surface area contributed by atoms with E-state index in [1.54, 1.807) is 63.7 Å². The first-order chi connectivity index (χ1) is 12.2. The topological polar surface area (TPSA) is 80.5 Å². The van der Waals surface area contributed by atoms with E-state index in [1.165, 1.54) is 0 Å². The molecule has 0 aliphatic carbocycles. The van der Waals surface area contributed by atoms with Gasteiger partial charge >= 0.3 is 0 Å². The van der Waals surface area contributed by atoms with Crippen LogP contribution in [0.4, 0.5) is 0 Å². The Bertz CT molecular complexity index is 836. The number of rotatable bonds is 6. The van der Waals surface area contributed by atoms with Crippen molar-refractivity contribution in [3.63, 3.8) is 0 Å². The number of pyridine rings is 1. The quantitative estimate of drug-likeness (QED) is 0.680. The van der Waals surface area contributed by atoms with Crippen molar-refractivity contribution in [3.05, 3.63) is 36.7 Å². The minimum absolute atomic E-state index is 0.515. The van der Waals surface area contributed by atoms with Crippen LogP contribution in [0.1, 0.15) is 0 Å². The highest BCUT2D eigenvalue weighted by Gasteiger charge is 2.17. The summed E-state index contributed by atoms with van der Waals surface area (Å²) in [4.78, 5) is 4.22. The molecule has 0 aliphatic heterocycles. The van der Waals surface area contributed by atoms with Crippen LogP contribution < -0.4 is 18.9 Å². The van der Waals surface area contributed by atoms with Crippen molar-refractivity contribution >= 4 is 0 Å². The Kier molecular flexibility index (Phi) is 4.69. The first-order valence-corrected chi connectivity index (χ1v) is 7.43. The van der Waals surface area contributed by atoms with E-state index >= 15 is 0 Å². The molecule has 0 unspecified atom stereocenters. The van der Waals surface area contributed by atoms with Crippen LogP contribution in [0.15, 0.2) is 36.7 Å². The molecule has 25 heavy (non-hydrogen) atoms. The zero-order valence-electron chi connectivity index (χ0n) is 14.4. The molecule has 0 atom stereocenters. The van der Waals surface area contributed by atoms with Crippen molar-refractivity contribution in [2.24, 2.45) is 0 Å². The minimum Gasteiger partial charge on any atom is -0.493 e. The van der Waals surface area contributed by atoms with Crippen LogP contribution in [-0.2, 0) is 0 Å². The lowest BCUT2D eigenvalue weighted by atomic mass is 10.2. The number of benzene rings is 1. The van der Waals surface area contributed by atoms with Crippen LogP contribution in [-0.4, -0.2) is 48.4 Å². The molecule has 3 rings (SSSR count). The Hall–Kier alpha value is -3.29. The van der Waals surface area contributed by atoms with E-state index < -0.39 is 0 Å². The highest BCUT2D eigenvalue weighted by atomic mass is 16.5. The lowest BCUT2D eigenvalue weighted by molar-refractivity contribution is 0.324. The third-order valence-electron chi connectivity index (χ3n) is 3.68. The SMILES string of the molecule is COc1ccc(-c2cnnn2-c2cc(OC)c(OC)c(OC)c2)cn1. The van der Waals surface area contributed by atoms with Gasteiger partial charge in [-0.2, -0.15) is 0 Å². The number of nitrogens with zero attached hydrogens (tertiary/aromatic N) is 4. The third kappa shape index (κ3) is 3.06. The Morgan fingerprint density at radius 3 is 2.08 bits per heavy atom. The van der Waals surface area contributed by atoms with Crippen molar-refractivity contribution in [2.45, 2.75) is 0 Å². The maximum Gasteiger partial charge on any atom is 0.212 e. The average Bonchev–Trinajstić information content (AvgIpc) is 3.16. The lowest BCUT2D eigenvalue weighted by Crippen LogP contribution is -2.03. The molecule has 0 saturated carbocycles. The molecule has 0 saturated heterocycles. The second-order valence-corrected chi connectivity index (χ2v) is 5.00. The van der Waals surface area contributed by atoms with E-state index in [0.29, 0.717) is 23.1 Å². The summed E-state index contributed by atoms with van der Waals surface area (Å²) in [7, 11) is 6.27. The summed E-state index contributed by atoms with van der Waals surface area (Å²) in [6.45, 7) is 0. The Labute approximate surface area is 144 Å². The van der Waals surface area contributed by atoms with Crippen molar-refractivity contribution in [2.75, 3.05) is 28.4 Å². The molecular weight excluding hydrogens is 324 g/mol. The van der Waals surface area contributed by atoms with Crippen LogP contribution >= 0.6 is 0 Å². The van der Waals surface area contributed by atoms with Gasteiger partial charge in [0.2, 0.25) is 11.6 Å². The normalized spacial score (nSPS) is 10.4. The molecule has 0 aliphatic rings. The van der Waals surface area contributed by atoms with E-state index in [4.69, 9.17) is 18.9 Å². The van der Waals surface area contributed by atoms with E-state index in [-0.39, 0.29) is 0 Å². The van der Waals surface area contributed by atoms with Crippen LogP contribution in [0.5, 0.6) is 23.1 Å². The monoisotopic (exact) mass is 342 g/mol. The highest BCUT2D eigenvalue weighted by Crippen LogP contribution is 2.39. The van der Waals surface area contributed by atoms with E-state index in [2.05, 4.69) is 15.3 Å². The number of methoxy groups -OCH3 is 4. The number of ether oxygens (including phenoxy) is 4. The zero-order chi connectivity index (χ0) is 17.8. The highest BCUT2D eigenvalue weighted by molar-refractivity contribution is 5.63. The first-order valence-electron chi connectivity index (χ1n) is 7.43. The van der Waals surface area contributed by atoms with Crippen molar-refractivity contribution in [1.82, 2.24) is 20.0 Å². The fraction of sp³-hybridized carbons (Fsp3) is 0.235. The summed E-state index contributed by atoms with van der Waals surface area (Å²) < 4.78 is 22.9. The molecule has 0 amide bonds. The van der Waals surface area contributed by atoms with Gasteiger partial charge in [0, 0.05) is 30.0 Å². The van der Waals surface area contributed by atoms with Gasteiger partial charge in [-0.15, -0.1) is 5.10 Å².